The van der Waals surface area contributed by atoms with Crippen LogP contribution in [0.4, 0.5) is 14.5 Å². The Morgan fingerprint density at radius 1 is 1.62 bits per heavy atom. The van der Waals surface area contributed by atoms with Gasteiger partial charge in [-0.25, -0.2) is 8.78 Å². The quantitative estimate of drug-likeness (QED) is 0.753. The fourth-order valence-corrected chi connectivity index (χ4v) is 0.999. The Morgan fingerprint density at radius 3 is 2.69 bits per heavy atom. The van der Waals surface area contributed by atoms with Crippen molar-refractivity contribution in [1.29, 1.82) is 0 Å². The molecule has 1 heterocycles. The fourth-order valence-electron chi connectivity index (χ4n) is 0.835. The van der Waals surface area contributed by atoms with Gasteiger partial charge in [-0.15, -0.1) is 0 Å². The Hall–Kier alpha value is -1.23. The van der Waals surface area contributed by atoms with Crippen molar-refractivity contribution < 1.29 is 13.6 Å². The van der Waals surface area contributed by atoms with Crippen LogP contribution in [0.1, 0.15) is 22.5 Å². The van der Waals surface area contributed by atoms with E-state index < -0.39 is 17.4 Å². The van der Waals surface area contributed by atoms with Gasteiger partial charge in [0, 0.05) is 6.20 Å². The molecule has 0 amide bonds. The van der Waals surface area contributed by atoms with E-state index in [1.165, 1.54) is 6.07 Å². The van der Waals surface area contributed by atoms with E-state index in [4.69, 9.17) is 17.3 Å². The summed E-state index contributed by atoms with van der Waals surface area (Å²) in [4.78, 5) is 14.0. The Morgan fingerprint density at radius 2 is 2.23 bits per heavy atom. The van der Waals surface area contributed by atoms with Crippen molar-refractivity contribution in [2.24, 2.45) is 0 Å². The molecular weight excluding hydrogens is 202 g/mol. The van der Waals surface area contributed by atoms with Crippen LogP contribution in [0.2, 0.25) is 0 Å². The topological polar surface area (TPSA) is 56.0 Å². The maximum atomic E-state index is 12.2. The first-order valence-corrected chi connectivity index (χ1v) is 3.64. The van der Waals surface area contributed by atoms with E-state index in [1.807, 2.05) is 0 Å². The highest BCUT2D eigenvalue weighted by molar-refractivity contribution is 6.68. The second-order valence-electron chi connectivity index (χ2n) is 2.23. The second-order valence-corrected chi connectivity index (χ2v) is 2.58. The molecule has 0 spiro atoms. The van der Waals surface area contributed by atoms with Gasteiger partial charge in [-0.2, -0.15) is 0 Å². The van der Waals surface area contributed by atoms with Gasteiger partial charge in [-0.3, -0.25) is 9.78 Å². The third-order valence-electron chi connectivity index (χ3n) is 1.44. The lowest BCUT2D eigenvalue weighted by Gasteiger charge is -2.05. The number of halogens is 3. The summed E-state index contributed by atoms with van der Waals surface area (Å²) in [5.41, 5.74) is 4.11. The van der Waals surface area contributed by atoms with Gasteiger partial charge in [0.1, 0.15) is 5.69 Å². The van der Waals surface area contributed by atoms with Crippen molar-refractivity contribution in [3.63, 3.8) is 0 Å². The molecule has 0 aliphatic carbocycles. The van der Waals surface area contributed by atoms with Crippen molar-refractivity contribution in [3.8, 4) is 0 Å². The first kappa shape index (κ1) is 9.85. The summed E-state index contributed by atoms with van der Waals surface area (Å²) in [5, 5.41) is -0.873. The molecule has 1 aromatic heterocycles. The molecule has 0 atom stereocenters. The van der Waals surface area contributed by atoms with E-state index in [0.29, 0.717) is 0 Å². The third-order valence-corrected chi connectivity index (χ3v) is 1.64. The number of carbonyl (C=O) groups excluding carboxylic acids is 1. The number of carbonyl (C=O) groups is 1. The average Bonchev–Trinajstić information content (AvgIpc) is 2.03. The van der Waals surface area contributed by atoms with Crippen molar-refractivity contribution in [2.45, 2.75) is 6.43 Å². The minimum Gasteiger partial charge on any atom is -0.396 e. The summed E-state index contributed by atoms with van der Waals surface area (Å²) in [6.45, 7) is 0. The van der Waals surface area contributed by atoms with Crippen molar-refractivity contribution in [3.05, 3.63) is 23.5 Å². The number of nitrogens with two attached hydrogens (primary N) is 1. The molecule has 1 rings (SSSR count). The van der Waals surface area contributed by atoms with E-state index in [9.17, 15) is 13.6 Å². The summed E-state index contributed by atoms with van der Waals surface area (Å²) in [6.07, 6.45) is -1.75. The monoisotopic (exact) mass is 206 g/mol. The Kier molecular flexibility index (Phi) is 2.77. The molecule has 2 N–H and O–H groups in total. The number of rotatable bonds is 2. The van der Waals surface area contributed by atoms with E-state index in [0.717, 1.165) is 6.20 Å². The molecule has 1 aromatic rings. The number of alkyl halides is 2. The molecule has 0 aliphatic rings. The van der Waals surface area contributed by atoms with Crippen LogP contribution in [-0.2, 0) is 0 Å². The number of hydrogen-bond donors (Lipinski definition) is 1. The zero-order valence-corrected chi connectivity index (χ0v) is 7.05. The van der Waals surface area contributed by atoms with Crippen molar-refractivity contribution in [1.82, 2.24) is 4.98 Å². The zero-order valence-electron chi connectivity index (χ0n) is 6.30. The molecule has 3 nitrogen and oxygen atoms in total. The van der Waals surface area contributed by atoms with E-state index in [-0.39, 0.29) is 11.3 Å². The number of anilines is 1. The van der Waals surface area contributed by atoms with Gasteiger partial charge in [0.15, 0.2) is 0 Å². The minimum absolute atomic E-state index is 0.146. The molecule has 0 aliphatic heterocycles. The first-order chi connectivity index (χ1) is 6.04. The van der Waals surface area contributed by atoms with E-state index in [1.54, 1.807) is 0 Å². The molecule has 0 fully saturated rings. The van der Waals surface area contributed by atoms with Gasteiger partial charge in [-0.05, 0) is 17.7 Å². The van der Waals surface area contributed by atoms with Gasteiger partial charge in [-0.1, -0.05) is 0 Å². The molecule has 0 bridgehead atoms. The normalized spacial score (nSPS) is 10.5. The molecule has 0 saturated carbocycles. The van der Waals surface area contributed by atoms with Gasteiger partial charge in [0.2, 0.25) is 0 Å². The van der Waals surface area contributed by atoms with Crippen LogP contribution in [0.15, 0.2) is 12.3 Å². The molecule has 70 valence electrons. The second kappa shape index (κ2) is 3.66. The lowest BCUT2D eigenvalue weighted by Crippen LogP contribution is -2.04. The number of nitrogens with zero attached hydrogens (tertiary/aromatic N) is 1. The summed E-state index contributed by atoms with van der Waals surface area (Å²) in [7, 11) is 0. The van der Waals surface area contributed by atoms with Crippen LogP contribution in [0.3, 0.4) is 0 Å². The van der Waals surface area contributed by atoms with Crippen LogP contribution >= 0.6 is 11.6 Å². The average molecular weight is 207 g/mol. The molecule has 0 radical (unpaired) electrons. The Balaban J connectivity index is 3.26. The third kappa shape index (κ3) is 1.92. The van der Waals surface area contributed by atoms with Crippen LogP contribution in [0, 0.1) is 0 Å². The molecule has 13 heavy (non-hydrogen) atoms. The lowest BCUT2D eigenvalue weighted by atomic mass is 10.2. The molecular formula is C7H5ClF2N2O. The highest BCUT2D eigenvalue weighted by Gasteiger charge is 2.17. The van der Waals surface area contributed by atoms with Crippen molar-refractivity contribution >= 4 is 22.5 Å². The maximum Gasteiger partial charge on any atom is 0.282 e. The summed E-state index contributed by atoms with van der Waals surface area (Å²) < 4.78 is 24.3. The van der Waals surface area contributed by atoms with Gasteiger partial charge in [0.25, 0.3) is 11.7 Å². The van der Waals surface area contributed by atoms with Gasteiger partial charge in [0.05, 0.1) is 11.3 Å². The predicted octanol–water partition coefficient (Wildman–Crippen LogP) is 1.98. The maximum absolute atomic E-state index is 12.2. The summed E-state index contributed by atoms with van der Waals surface area (Å²) in [6, 6.07) is 1.19. The summed E-state index contributed by atoms with van der Waals surface area (Å²) in [5.74, 6) is 0. The predicted molar refractivity (Wildman–Crippen MR) is 43.8 cm³/mol. The Labute approximate surface area is 77.5 Å². The SMILES string of the molecule is Nc1c(C(=O)Cl)ccnc1C(F)F. The zero-order chi connectivity index (χ0) is 10.0. The van der Waals surface area contributed by atoms with Crippen LogP contribution in [0.25, 0.3) is 0 Å². The molecule has 6 heteroatoms. The standard InChI is InChI=1S/C7H5ClF2N2O/c8-6(13)3-1-2-12-5(4(3)11)7(9)10/h1-2,7H,11H2. The van der Waals surface area contributed by atoms with Crippen molar-refractivity contribution in [2.75, 3.05) is 5.73 Å². The number of aromatic nitrogens is 1. The fraction of sp³-hybridized carbons (Fsp3) is 0.143. The van der Waals surface area contributed by atoms with Crippen LogP contribution in [-0.4, -0.2) is 10.2 Å². The number of nitrogen functional groups attached to an aromatic ring is 1. The molecule has 0 saturated heterocycles. The highest BCUT2D eigenvalue weighted by atomic mass is 35.5. The van der Waals surface area contributed by atoms with Crippen LogP contribution in [0.5, 0.6) is 0 Å². The Bertz CT molecular complexity index is 343. The first-order valence-electron chi connectivity index (χ1n) is 3.26. The van der Waals surface area contributed by atoms with Crippen LogP contribution < -0.4 is 5.73 Å². The van der Waals surface area contributed by atoms with Gasteiger partial charge < -0.3 is 5.73 Å². The highest BCUT2D eigenvalue weighted by Crippen LogP contribution is 2.25. The van der Waals surface area contributed by atoms with E-state index >= 15 is 0 Å². The summed E-state index contributed by atoms with van der Waals surface area (Å²) >= 11 is 5.09. The smallest absolute Gasteiger partial charge is 0.282 e. The minimum atomic E-state index is -2.81. The molecule has 0 unspecified atom stereocenters. The lowest BCUT2D eigenvalue weighted by molar-refractivity contribution is 0.108. The molecule has 0 aromatic carbocycles. The largest absolute Gasteiger partial charge is 0.396 e. The number of pyridine rings is 1. The van der Waals surface area contributed by atoms with Gasteiger partial charge >= 0.3 is 0 Å². The number of hydrogen-bond acceptors (Lipinski definition) is 3. The van der Waals surface area contributed by atoms with E-state index in [2.05, 4.69) is 4.98 Å².